The van der Waals surface area contributed by atoms with Crippen LogP contribution < -0.4 is 15.5 Å². The number of nitrogens with zero attached hydrogens (tertiary/aromatic N) is 3. The van der Waals surface area contributed by atoms with Crippen LogP contribution in [0.5, 0.6) is 0 Å². The van der Waals surface area contributed by atoms with Gasteiger partial charge in [0.1, 0.15) is 13.7 Å². The van der Waals surface area contributed by atoms with Crippen LogP contribution in [0.4, 0.5) is 11.5 Å². The van der Waals surface area contributed by atoms with E-state index in [9.17, 15) is 8.42 Å². The van der Waals surface area contributed by atoms with Crippen molar-refractivity contribution in [3.8, 4) is 11.3 Å². The monoisotopic (exact) mass is 433 g/mol. The minimum atomic E-state index is -3.63. The van der Waals surface area contributed by atoms with Gasteiger partial charge in [0.15, 0.2) is 5.65 Å². The van der Waals surface area contributed by atoms with Gasteiger partial charge in [-0.25, -0.2) is 18.1 Å². The average molecular weight is 433 g/mol. The molecular formula is C21H20BN5O3S. The quantitative estimate of drug-likeness (QED) is 0.288. The topological polar surface area (TPSA) is 109 Å². The zero-order chi connectivity index (χ0) is 21.8. The van der Waals surface area contributed by atoms with Crippen molar-refractivity contribution in [1.29, 1.82) is 0 Å². The first-order valence-corrected chi connectivity index (χ1v) is 11.1. The number of aliphatic hydroxyl groups excluding tert-OH is 1. The third kappa shape index (κ3) is 4.61. The molecule has 4 aromatic rings. The summed E-state index contributed by atoms with van der Waals surface area (Å²) in [7, 11) is 2.41. The Morgan fingerprint density at radius 2 is 1.81 bits per heavy atom. The summed E-state index contributed by atoms with van der Waals surface area (Å²) >= 11 is 0. The van der Waals surface area contributed by atoms with Crippen molar-refractivity contribution < 1.29 is 13.5 Å². The van der Waals surface area contributed by atoms with Gasteiger partial charge in [-0.2, -0.15) is 9.61 Å². The van der Waals surface area contributed by atoms with Gasteiger partial charge in [0, 0.05) is 36.7 Å². The van der Waals surface area contributed by atoms with Gasteiger partial charge >= 0.3 is 0 Å². The summed E-state index contributed by atoms with van der Waals surface area (Å²) in [6.07, 6.45) is 1.89. The molecule has 0 aliphatic carbocycles. The van der Waals surface area contributed by atoms with E-state index in [1.54, 1.807) is 16.6 Å². The highest BCUT2D eigenvalue weighted by Crippen LogP contribution is 2.24. The highest BCUT2D eigenvalue weighted by Gasteiger charge is 2.14. The van der Waals surface area contributed by atoms with Gasteiger partial charge in [-0.05, 0) is 36.1 Å². The van der Waals surface area contributed by atoms with Crippen molar-refractivity contribution in [3.63, 3.8) is 0 Å². The van der Waals surface area contributed by atoms with Crippen LogP contribution in [0, 0.1) is 0 Å². The molecule has 4 rings (SSSR count). The Morgan fingerprint density at radius 3 is 2.52 bits per heavy atom. The predicted octanol–water partition coefficient (Wildman–Crippen LogP) is 1.59. The summed E-state index contributed by atoms with van der Waals surface area (Å²) < 4.78 is 28.7. The molecule has 0 fully saturated rings. The Hall–Kier alpha value is -3.21. The first-order valence-electron chi connectivity index (χ1n) is 9.65. The molecule has 0 aliphatic rings. The molecule has 2 heterocycles. The number of fused-ring (bicyclic) bond motifs is 1. The molecule has 2 aromatic carbocycles. The third-order valence-corrected chi connectivity index (χ3v) is 6.11. The van der Waals surface area contributed by atoms with Crippen LogP contribution in [0.1, 0.15) is 6.42 Å². The number of aliphatic hydroxyl groups is 1. The van der Waals surface area contributed by atoms with Crippen molar-refractivity contribution in [2.24, 2.45) is 0 Å². The van der Waals surface area contributed by atoms with Crippen LogP contribution in [0.25, 0.3) is 16.9 Å². The van der Waals surface area contributed by atoms with Crippen molar-refractivity contribution >= 4 is 40.5 Å². The third-order valence-electron chi connectivity index (χ3n) is 4.63. The summed E-state index contributed by atoms with van der Waals surface area (Å²) in [5, 5.41) is 16.4. The second-order valence-corrected chi connectivity index (χ2v) is 8.62. The first-order chi connectivity index (χ1) is 15.0. The van der Waals surface area contributed by atoms with Crippen molar-refractivity contribution in [1.82, 2.24) is 19.3 Å². The summed E-state index contributed by atoms with van der Waals surface area (Å²) in [4.78, 5) is 4.76. The Balaban J connectivity index is 1.64. The van der Waals surface area contributed by atoms with E-state index in [0.717, 1.165) is 11.3 Å². The summed E-state index contributed by atoms with van der Waals surface area (Å²) in [5.74, 6) is 0.636. The van der Waals surface area contributed by atoms with E-state index in [4.69, 9.17) is 13.0 Å². The molecule has 3 N–H and O–H groups in total. The maximum atomic E-state index is 12.3. The highest BCUT2D eigenvalue weighted by atomic mass is 32.2. The average Bonchev–Trinajstić information content (AvgIpc) is 3.16. The van der Waals surface area contributed by atoms with Gasteiger partial charge in [-0.15, -0.1) is 0 Å². The van der Waals surface area contributed by atoms with Crippen LogP contribution in [-0.2, 0) is 10.0 Å². The van der Waals surface area contributed by atoms with E-state index in [0.29, 0.717) is 29.0 Å². The SMILES string of the molecule is [B]c1cnn2c(Nc3ccc(S(=O)(=O)NCCCO)cc3)cc(-c3ccccc3)nc12. The Bertz CT molecular complexity index is 1290. The lowest BCUT2D eigenvalue weighted by molar-refractivity contribution is 0.289. The Kier molecular flexibility index (Phi) is 6.03. The smallest absolute Gasteiger partial charge is 0.240 e. The lowest BCUT2D eigenvalue weighted by Crippen LogP contribution is -2.25. The number of nitrogens with one attached hydrogen (secondary N) is 2. The molecule has 31 heavy (non-hydrogen) atoms. The zero-order valence-corrected chi connectivity index (χ0v) is 17.4. The lowest BCUT2D eigenvalue weighted by Gasteiger charge is -2.12. The molecule has 0 amide bonds. The van der Waals surface area contributed by atoms with Gasteiger partial charge in [0.05, 0.1) is 10.6 Å². The number of hydrogen-bond acceptors (Lipinski definition) is 6. The fraction of sp³-hybridized carbons (Fsp3) is 0.143. The molecule has 2 radical (unpaired) electrons. The molecule has 8 nitrogen and oxygen atoms in total. The molecule has 0 unspecified atom stereocenters. The zero-order valence-electron chi connectivity index (χ0n) is 16.6. The predicted molar refractivity (Wildman–Crippen MR) is 120 cm³/mol. The highest BCUT2D eigenvalue weighted by molar-refractivity contribution is 7.89. The number of aromatic nitrogens is 3. The maximum Gasteiger partial charge on any atom is 0.240 e. The first kappa shape index (κ1) is 21.0. The van der Waals surface area contributed by atoms with Crippen LogP contribution in [-0.4, -0.2) is 49.1 Å². The van der Waals surface area contributed by atoms with Crippen molar-refractivity contribution in [2.75, 3.05) is 18.5 Å². The number of rotatable bonds is 8. The Morgan fingerprint density at radius 1 is 1.06 bits per heavy atom. The molecule has 2 aromatic heterocycles. The maximum absolute atomic E-state index is 12.3. The van der Waals surface area contributed by atoms with E-state index >= 15 is 0 Å². The van der Waals surface area contributed by atoms with Gasteiger partial charge < -0.3 is 10.4 Å². The van der Waals surface area contributed by atoms with Crippen molar-refractivity contribution in [2.45, 2.75) is 11.3 Å². The van der Waals surface area contributed by atoms with Crippen LogP contribution in [0.3, 0.4) is 0 Å². The molecule has 0 saturated heterocycles. The molecule has 0 saturated carbocycles. The largest absolute Gasteiger partial charge is 0.396 e. The van der Waals surface area contributed by atoms with Crippen LogP contribution in [0.15, 0.2) is 71.8 Å². The normalized spacial score (nSPS) is 11.6. The summed E-state index contributed by atoms with van der Waals surface area (Å²) in [6, 6.07) is 17.9. The fourth-order valence-electron chi connectivity index (χ4n) is 3.06. The molecule has 0 bridgehead atoms. The second kappa shape index (κ2) is 8.89. The second-order valence-electron chi connectivity index (χ2n) is 6.85. The number of anilines is 2. The molecule has 0 aliphatic heterocycles. The standard InChI is InChI=1S/C21H20BN5O3S/c22-18-14-23-27-20(13-19(26-21(18)27)15-5-2-1-3-6-15)25-16-7-9-17(10-8-16)31(29,30)24-11-4-12-28/h1-3,5-10,13-14,24-25,28H,4,11-12H2. The molecular weight excluding hydrogens is 413 g/mol. The molecule has 0 atom stereocenters. The molecule has 0 spiro atoms. The van der Waals surface area contributed by atoms with E-state index < -0.39 is 10.0 Å². The van der Waals surface area contributed by atoms with E-state index in [1.165, 1.54) is 18.3 Å². The summed E-state index contributed by atoms with van der Waals surface area (Å²) in [5.41, 5.74) is 3.32. The van der Waals surface area contributed by atoms with Gasteiger partial charge in [-0.1, -0.05) is 30.3 Å². The van der Waals surface area contributed by atoms with Crippen molar-refractivity contribution in [3.05, 3.63) is 66.9 Å². The number of hydrogen-bond donors (Lipinski definition) is 3. The van der Waals surface area contributed by atoms with Gasteiger partial charge in [-0.3, -0.25) is 0 Å². The number of benzene rings is 2. The van der Waals surface area contributed by atoms with Crippen LogP contribution >= 0.6 is 0 Å². The minimum Gasteiger partial charge on any atom is -0.396 e. The number of sulfonamides is 1. The molecule has 10 heteroatoms. The minimum absolute atomic E-state index is 0.0747. The van der Waals surface area contributed by atoms with E-state index in [1.807, 2.05) is 36.4 Å². The Labute approximate surface area is 181 Å². The van der Waals surface area contributed by atoms with Crippen LogP contribution in [0.2, 0.25) is 0 Å². The lowest BCUT2D eigenvalue weighted by atomic mass is 10.0. The molecule has 156 valence electrons. The summed E-state index contributed by atoms with van der Waals surface area (Å²) in [6.45, 7) is 0.103. The van der Waals surface area contributed by atoms with E-state index in [-0.39, 0.29) is 18.0 Å². The fourth-order valence-corrected chi connectivity index (χ4v) is 4.13. The van der Waals surface area contributed by atoms with E-state index in [2.05, 4.69) is 20.1 Å². The van der Waals surface area contributed by atoms with Gasteiger partial charge in [0.2, 0.25) is 10.0 Å². The van der Waals surface area contributed by atoms with Gasteiger partial charge in [0.25, 0.3) is 0 Å².